The molecule has 0 bridgehead atoms. The van der Waals surface area contributed by atoms with E-state index >= 15 is 0 Å². The standard InChI is InChI=1S/C25H27FN2O3/c26-20-8-10-21(11-9-20)28-18-24(31-16-22(28)29)14-15-27(17-24)23(30)25(12-4-5-13-25)19-6-2-1-3-7-19/h1-3,6-11H,4-5,12-18H2/t24-/m1/s1. The molecule has 3 fully saturated rings. The quantitative estimate of drug-likeness (QED) is 0.758. The van der Waals surface area contributed by atoms with Gasteiger partial charge in [-0.3, -0.25) is 9.59 Å². The van der Waals surface area contributed by atoms with Crippen molar-refractivity contribution in [2.45, 2.75) is 43.1 Å². The molecule has 2 aliphatic heterocycles. The molecule has 2 amide bonds. The Bertz CT molecular complexity index is 972. The van der Waals surface area contributed by atoms with Crippen LogP contribution in [0.1, 0.15) is 37.7 Å². The van der Waals surface area contributed by atoms with E-state index in [1.807, 2.05) is 23.1 Å². The Kier molecular flexibility index (Phi) is 5.05. The van der Waals surface area contributed by atoms with Gasteiger partial charge in [0.2, 0.25) is 5.91 Å². The van der Waals surface area contributed by atoms with Crippen LogP contribution in [0.15, 0.2) is 54.6 Å². The molecule has 2 aromatic carbocycles. The molecule has 3 aliphatic rings. The van der Waals surface area contributed by atoms with E-state index < -0.39 is 11.0 Å². The summed E-state index contributed by atoms with van der Waals surface area (Å²) in [6.45, 7) is 1.45. The largest absolute Gasteiger partial charge is 0.361 e. The van der Waals surface area contributed by atoms with Gasteiger partial charge in [0.25, 0.3) is 5.91 Å². The minimum Gasteiger partial charge on any atom is -0.361 e. The Balaban J connectivity index is 1.37. The maximum Gasteiger partial charge on any atom is 0.253 e. The second-order valence-corrected chi connectivity index (χ2v) is 9.06. The number of halogens is 1. The van der Waals surface area contributed by atoms with Crippen molar-refractivity contribution in [3.05, 3.63) is 66.0 Å². The van der Waals surface area contributed by atoms with Gasteiger partial charge < -0.3 is 14.5 Å². The maximum absolute atomic E-state index is 13.8. The van der Waals surface area contributed by atoms with Gasteiger partial charge in [-0.1, -0.05) is 43.2 Å². The summed E-state index contributed by atoms with van der Waals surface area (Å²) in [6.07, 6.45) is 4.56. The lowest BCUT2D eigenvalue weighted by Gasteiger charge is -2.40. The number of likely N-dealkylation sites (tertiary alicyclic amines) is 1. The lowest BCUT2D eigenvalue weighted by Crippen LogP contribution is -2.57. The van der Waals surface area contributed by atoms with E-state index in [0.717, 1.165) is 31.2 Å². The number of anilines is 1. The van der Waals surface area contributed by atoms with Crippen LogP contribution in [0.5, 0.6) is 0 Å². The Morgan fingerprint density at radius 2 is 1.65 bits per heavy atom. The van der Waals surface area contributed by atoms with Crippen molar-refractivity contribution in [2.75, 3.05) is 31.1 Å². The Labute approximate surface area is 181 Å². The molecule has 6 heteroatoms. The normalized spacial score (nSPS) is 25.4. The Morgan fingerprint density at radius 3 is 2.35 bits per heavy atom. The highest BCUT2D eigenvalue weighted by Gasteiger charge is 2.51. The third kappa shape index (κ3) is 3.53. The van der Waals surface area contributed by atoms with Crippen LogP contribution in [0.2, 0.25) is 0 Å². The van der Waals surface area contributed by atoms with E-state index in [1.54, 1.807) is 17.0 Å². The molecule has 31 heavy (non-hydrogen) atoms. The molecule has 5 nitrogen and oxygen atoms in total. The van der Waals surface area contributed by atoms with Crippen LogP contribution in [0.4, 0.5) is 10.1 Å². The number of amides is 2. The van der Waals surface area contributed by atoms with Crippen molar-refractivity contribution in [3.63, 3.8) is 0 Å². The fourth-order valence-electron chi connectivity index (χ4n) is 5.50. The van der Waals surface area contributed by atoms with Crippen molar-refractivity contribution in [2.24, 2.45) is 0 Å². The summed E-state index contributed by atoms with van der Waals surface area (Å²) in [5.41, 5.74) is 0.740. The lowest BCUT2D eigenvalue weighted by molar-refractivity contribution is -0.141. The van der Waals surface area contributed by atoms with Gasteiger partial charge in [-0.2, -0.15) is 0 Å². The van der Waals surface area contributed by atoms with Gasteiger partial charge in [0, 0.05) is 12.2 Å². The third-order valence-corrected chi connectivity index (χ3v) is 7.18. The molecular weight excluding hydrogens is 395 g/mol. The van der Waals surface area contributed by atoms with Crippen LogP contribution < -0.4 is 4.90 Å². The number of morpholine rings is 1. The van der Waals surface area contributed by atoms with E-state index in [0.29, 0.717) is 31.7 Å². The number of carbonyl (C=O) groups excluding carboxylic acids is 2. The minimum absolute atomic E-state index is 0.0246. The fraction of sp³-hybridized carbons (Fsp3) is 0.440. The number of benzene rings is 2. The molecule has 0 aromatic heterocycles. The number of ether oxygens (including phenoxy) is 1. The summed E-state index contributed by atoms with van der Waals surface area (Å²) in [5.74, 6) is -0.292. The van der Waals surface area contributed by atoms with E-state index in [2.05, 4.69) is 12.1 Å². The summed E-state index contributed by atoms with van der Waals surface area (Å²) >= 11 is 0. The highest BCUT2D eigenvalue weighted by Crippen LogP contribution is 2.44. The molecule has 0 unspecified atom stereocenters. The van der Waals surface area contributed by atoms with Crippen molar-refractivity contribution in [1.29, 1.82) is 0 Å². The zero-order valence-corrected chi connectivity index (χ0v) is 17.6. The predicted molar refractivity (Wildman–Crippen MR) is 115 cm³/mol. The van der Waals surface area contributed by atoms with E-state index in [9.17, 15) is 14.0 Å². The molecule has 0 N–H and O–H groups in total. The van der Waals surface area contributed by atoms with Gasteiger partial charge in [-0.15, -0.1) is 0 Å². The highest BCUT2D eigenvalue weighted by molar-refractivity contribution is 5.95. The zero-order valence-electron chi connectivity index (χ0n) is 17.6. The molecule has 2 heterocycles. The molecule has 1 atom stereocenters. The van der Waals surface area contributed by atoms with Gasteiger partial charge in [-0.05, 0) is 49.1 Å². The summed E-state index contributed by atoms with van der Waals surface area (Å²) in [5, 5.41) is 0. The molecular formula is C25H27FN2O3. The summed E-state index contributed by atoms with van der Waals surface area (Å²) in [4.78, 5) is 29.9. The van der Waals surface area contributed by atoms with Crippen molar-refractivity contribution < 1.29 is 18.7 Å². The van der Waals surface area contributed by atoms with Crippen LogP contribution in [0.3, 0.4) is 0 Å². The summed E-state index contributed by atoms with van der Waals surface area (Å²) < 4.78 is 19.4. The predicted octanol–water partition coefficient (Wildman–Crippen LogP) is 3.67. The molecule has 1 saturated carbocycles. The van der Waals surface area contributed by atoms with E-state index in [4.69, 9.17) is 4.74 Å². The van der Waals surface area contributed by atoms with Crippen LogP contribution >= 0.6 is 0 Å². The number of hydrogen-bond donors (Lipinski definition) is 0. The second kappa shape index (κ2) is 7.75. The zero-order chi connectivity index (χ0) is 21.5. The molecule has 5 rings (SSSR count). The highest BCUT2D eigenvalue weighted by atomic mass is 19.1. The van der Waals surface area contributed by atoms with Gasteiger partial charge >= 0.3 is 0 Å². The average molecular weight is 423 g/mol. The summed E-state index contributed by atoms with van der Waals surface area (Å²) in [6, 6.07) is 16.1. The molecule has 1 aliphatic carbocycles. The topological polar surface area (TPSA) is 49.9 Å². The second-order valence-electron chi connectivity index (χ2n) is 9.06. The Hall–Kier alpha value is -2.73. The summed E-state index contributed by atoms with van der Waals surface area (Å²) in [7, 11) is 0. The van der Waals surface area contributed by atoms with Gasteiger partial charge in [0.15, 0.2) is 0 Å². The first-order valence-electron chi connectivity index (χ1n) is 11.1. The van der Waals surface area contributed by atoms with Gasteiger partial charge in [0.1, 0.15) is 18.0 Å². The van der Waals surface area contributed by atoms with Crippen LogP contribution in [-0.2, 0) is 19.7 Å². The monoisotopic (exact) mass is 422 g/mol. The Morgan fingerprint density at radius 1 is 0.935 bits per heavy atom. The molecule has 0 radical (unpaired) electrons. The number of carbonyl (C=O) groups is 2. The van der Waals surface area contributed by atoms with Crippen LogP contribution in [0, 0.1) is 5.82 Å². The molecule has 2 aromatic rings. The molecule has 162 valence electrons. The first-order chi connectivity index (χ1) is 15.0. The lowest BCUT2D eigenvalue weighted by atomic mass is 9.77. The molecule has 1 spiro atoms. The van der Waals surface area contributed by atoms with Crippen LogP contribution in [0.25, 0.3) is 0 Å². The first kappa shape index (κ1) is 20.2. The number of nitrogens with zero attached hydrogens (tertiary/aromatic N) is 2. The third-order valence-electron chi connectivity index (χ3n) is 7.18. The smallest absolute Gasteiger partial charge is 0.253 e. The van der Waals surface area contributed by atoms with Crippen molar-refractivity contribution >= 4 is 17.5 Å². The average Bonchev–Trinajstić information content (AvgIpc) is 3.45. The number of rotatable bonds is 3. The maximum atomic E-state index is 13.8. The SMILES string of the molecule is O=C1CO[C@@]2(CCN(C(=O)C3(c4ccccc4)CCCC3)C2)CN1c1ccc(F)cc1. The fourth-order valence-corrected chi connectivity index (χ4v) is 5.50. The van der Waals surface area contributed by atoms with E-state index in [1.165, 1.54) is 12.1 Å². The van der Waals surface area contributed by atoms with Crippen molar-refractivity contribution in [3.8, 4) is 0 Å². The number of hydrogen-bond acceptors (Lipinski definition) is 3. The van der Waals surface area contributed by atoms with Crippen molar-refractivity contribution in [1.82, 2.24) is 4.90 Å². The van der Waals surface area contributed by atoms with Crippen LogP contribution in [-0.4, -0.2) is 48.6 Å². The first-order valence-corrected chi connectivity index (χ1v) is 11.1. The van der Waals surface area contributed by atoms with Gasteiger partial charge in [0.05, 0.1) is 18.5 Å². The minimum atomic E-state index is -0.575. The van der Waals surface area contributed by atoms with E-state index in [-0.39, 0.29) is 24.2 Å². The van der Waals surface area contributed by atoms with Gasteiger partial charge in [-0.25, -0.2) is 4.39 Å². The molecule has 2 saturated heterocycles.